The first-order valence-corrected chi connectivity index (χ1v) is 7.27. The van der Waals surface area contributed by atoms with Crippen LogP contribution in [0.15, 0.2) is 54.6 Å². The Morgan fingerprint density at radius 3 is 2.42 bits per heavy atom. The number of nitrogens with zero attached hydrogens (tertiary/aromatic N) is 2. The van der Waals surface area contributed by atoms with Crippen molar-refractivity contribution >= 4 is 5.82 Å². The summed E-state index contributed by atoms with van der Waals surface area (Å²) in [5, 5.41) is 19.5. The molecule has 0 aliphatic heterocycles. The molecular formula is C19H15N3O2. The van der Waals surface area contributed by atoms with E-state index in [1.54, 1.807) is 37.4 Å². The van der Waals surface area contributed by atoms with E-state index in [9.17, 15) is 10.4 Å². The molecular weight excluding hydrogens is 302 g/mol. The van der Waals surface area contributed by atoms with E-state index in [1.807, 2.05) is 24.3 Å². The van der Waals surface area contributed by atoms with Gasteiger partial charge >= 0.3 is 0 Å². The van der Waals surface area contributed by atoms with Crippen LogP contribution in [0, 0.1) is 11.3 Å². The lowest BCUT2D eigenvalue weighted by Gasteiger charge is -2.11. The maximum atomic E-state index is 10.0. The Bertz CT molecular complexity index is 928. The lowest BCUT2D eigenvalue weighted by atomic mass is 9.98. The van der Waals surface area contributed by atoms with E-state index < -0.39 is 0 Å². The van der Waals surface area contributed by atoms with Gasteiger partial charge in [0.15, 0.2) is 0 Å². The molecule has 5 heteroatoms. The molecule has 2 aromatic carbocycles. The van der Waals surface area contributed by atoms with Crippen molar-refractivity contribution in [1.82, 2.24) is 4.98 Å². The molecule has 3 aromatic rings. The summed E-state index contributed by atoms with van der Waals surface area (Å²) < 4.78 is 5.16. The van der Waals surface area contributed by atoms with Crippen molar-refractivity contribution in [3.8, 4) is 40.0 Å². The van der Waals surface area contributed by atoms with Crippen LogP contribution in [0.5, 0.6) is 11.5 Å². The largest absolute Gasteiger partial charge is 0.507 e. The van der Waals surface area contributed by atoms with E-state index >= 15 is 0 Å². The maximum Gasteiger partial charge on any atom is 0.142 e. The summed E-state index contributed by atoms with van der Waals surface area (Å²) in [7, 11) is 1.59. The zero-order valence-electron chi connectivity index (χ0n) is 13.0. The highest BCUT2D eigenvalue weighted by Crippen LogP contribution is 2.34. The van der Waals surface area contributed by atoms with Crippen LogP contribution in [0.1, 0.15) is 5.56 Å². The first kappa shape index (κ1) is 15.4. The number of methoxy groups -OCH3 is 1. The number of phenols is 1. The van der Waals surface area contributed by atoms with Gasteiger partial charge in [0.05, 0.1) is 12.8 Å². The average molecular weight is 317 g/mol. The monoisotopic (exact) mass is 317 g/mol. The molecule has 0 spiro atoms. The summed E-state index contributed by atoms with van der Waals surface area (Å²) in [6.07, 6.45) is 0. The number of para-hydroxylation sites is 1. The van der Waals surface area contributed by atoms with E-state index in [-0.39, 0.29) is 11.6 Å². The van der Waals surface area contributed by atoms with E-state index in [2.05, 4.69) is 11.1 Å². The predicted molar refractivity (Wildman–Crippen MR) is 92.5 cm³/mol. The Hall–Kier alpha value is -3.52. The van der Waals surface area contributed by atoms with Crippen LogP contribution in [-0.4, -0.2) is 17.2 Å². The van der Waals surface area contributed by atoms with Gasteiger partial charge in [-0.15, -0.1) is 0 Å². The van der Waals surface area contributed by atoms with Crippen LogP contribution in [0.4, 0.5) is 5.82 Å². The highest BCUT2D eigenvalue weighted by atomic mass is 16.5. The summed E-state index contributed by atoms with van der Waals surface area (Å²) in [4.78, 5) is 4.27. The maximum absolute atomic E-state index is 10.0. The third-order valence-corrected chi connectivity index (χ3v) is 3.74. The molecule has 0 bridgehead atoms. The minimum Gasteiger partial charge on any atom is -0.507 e. The topological polar surface area (TPSA) is 92.2 Å². The molecule has 1 heterocycles. The number of hydrogen-bond acceptors (Lipinski definition) is 5. The Labute approximate surface area is 139 Å². The van der Waals surface area contributed by atoms with E-state index in [4.69, 9.17) is 10.5 Å². The molecule has 0 saturated heterocycles. The molecule has 0 atom stereocenters. The Kier molecular flexibility index (Phi) is 4.04. The average Bonchev–Trinajstić information content (AvgIpc) is 2.61. The van der Waals surface area contributed by atoms with Crippen molar-refractivity contribution in [1.29, 1.82) is 5.26 Å². The fraction of sp³-hybridized carbons (Fsp3) is 0.0526. The number of hydrogen-bond donors (Lipinski definition) is 2. The van der Waals surface area contributed by atoms with Crippen LogP contribution in [-0.2, 0) is 0 Å². The summed E-state index contributed by atoms with van der Waals surface area (Å²) in [5.74, 6) is 0.957. The predicted octanol–water partition coefficient (Wildman–Crippen LogP) is 3.58. The third kappa shape index (κ3) is 2.73. The molecule has 0 fully saturated rings. The molecule has 3 N–H and O–H groups in total. The smallest absolute Gasteiger partial charge is 0.142 e. The molecule has 0 aliphatic rings. The highest BCUT2D eigenvalue weighted by molar-refractivity contribution is 5.81. The summed E-state index contributed by atoms with van der Waals surface area (Å²) in [6.45, 7) is 0. The van der Waals surface area contributed by atoms with Crippen LogP contribution in [0.2, 0.25) is 0 Å². The lowest BCUT2D eigenvalue weighted by Crippen LogP contribution is -2.00. The van der Waals surface area contributed by atoms with Crippen molar-refractivity contribution in [2.45, 2.75) is 0 Å². The second-order valence-electron chi connectivity index (χ2n) is 5.17. The fourth-order valence-corrected chi connectivity index (χ4v) is 2.51. The molecule has 5 nitrogen and oxygen atoms in total. The second-order valence-corrected chi connectivity index (χ2v) is 5.17. The molecule has 0 unspecified atom stereocenters. The van der Waals surface area contributed by atoms with Gasteiger partial charge in [0.25, 0.3) is 0 Å². The van der Waals surface area contributed by atoms with Gasteiger partial charge in [-0.2, -0.15) is 5.26 Å². The Balaban J connectivity index is 2.21. The number of nitrogens with two attached hydrogens (primary N) is 1. The van der Waals surface area contributed by atoms with Crippen LogP contribution < -0.4 is 10.5 Å². The Morgan fingerprint density at radius 1 is 1.08 bits per heavy atom. The van der Waals surface area contributed by atoms with Gasteiger partial charge in [0.2, 0.25) is 0 Å². The van der Waals surface area contributed by atoms with E-state index in [1.165, 1.54) is 0 Å². The van der Waals surface area contributed by atoms with Crippen molar-refractivity contribution in [2.75, 3.05) is 12.8 Å². The molecule has 0 radical (unpaired) electrons. The van der Waals surface area contributed by atoms with Gasteiger partial charge in [0, 0.05) is 11.1 Å². The molecule has 118 valence electrons. The van der Waals surface area contributed by atoms with Crippen molar-refractivity contribution < 1.29 is 9.84 Å². The second kappa shape index (κ2) is 6.31. The van der Waals surface area contributed by atoms with Crippen LogP contribution in [0.3, 0.4) is 0 Å². The molecule has 3 rings (SSSR count). The Morgan fingerprint density at radius 2 is 1.79 bits per heavy atom. The number of pyridine rings is 1. The number of phenolic OH excluding ortho intramolecular Hbond substituents is 1. The SMILES string of the molecule is COc1ccc(-c2cc(-c3ccccc3O)nc(N)c2C#N)cc1. The summed E-state index contributed by atoms with van der Waals surface area (Å²) in [6, 6.07) is 18.1. The first-order valence-electron chi connectivity index (χ1n) is 7.27. The third-order valence-electron chi connectivity index (χ3n) is 3.74. The molecule has 24 heavy (non-hydrogen) atoms. The van der Waals surface area contributed by atoms with Gasteiger partial charge in [-0.3, -0.25) is 0 Å². The summed E-state index contributed by atoms with van der Waals surface area (Å²) in [5.41, 5.74) is 8.82. The highest BCUT2D eigenvalue weighted by Gasteiger charge is 2.15. The molecule has 0 amide bonds. The quantitative estimate of drug-likeness (QED) is 0.770. The van der Waals surface area contributed by atoms with E-state index in [0.717, 1.165) is 11.3 Å². The van der Waals surface area contributed by atoms with Gasteiger partial charge < -0.3 is 15.6 Å². The number of nitrogen functional groups attached to an aromatic ring is 1. The van der Waals surface area contributed by atoms with Gasteiger partial charge in [-0.25, -0.2) is 4.98 Å². The van der Waals surface area contributed by atoms with Crippen LogP contribution >= 0.6 is 0 Å². The minimum absolute atomic E-state index is 0.106. The zero-order valence-corrected chi connectivity index (χ0v) is 13.0. The zero-order chi connectivity index (χ0) is 17.1. The van der Waals surface area contributed by atoms with Crippen LogP contribution in [0.25, 0.3) is 22.4 Å². The van der Waals surface area contributed by atoms with Gasteiger partial charge in [-0.05, 0) is 35.9 Å². The van der Waals surface area contributed by atoms with Crippen molar-refractivity contribution in [2.24, 2.45) is 0 Å². The fourth-order valence-electron chi connectivity index (χ4n) is 2.51. The van der Waals surface area contributed by atoms with Crippen molar-refractivity contribution in [3.05, 3.63) is 60.2 Å². The van der Waals surface area contributed by atoms with Gasteiger partial charge in [-0.1, -0.05) is 24.3 Å². The lowest BCUT2D eigenvalue weighted by molar-refractivity contribution is 0.415. The number of aromatic nitrogens is 1. The number of benzene rings is 2. The standard InChI is InChI=1S/C19H15N3O2/c1-24-13-8-6-12(7-9-13)15-10-17(22-19(21)16(15)11-20)14-4-2-3-5-18(14)23/h2-10,23H,1H3,(H2,21,22). The normalized spacial score (nSPS) is 10.2. The number of aromatic hydroxyl groups is 1. The van der Waals surface area contributed by atoms with E-state index in [0.29, 0.717) is 22.4 Å². The molecule has 0 saturated carbocycles. The number of rotatable bonds is 3. The number of ether oxygens (including phenoxy) is 1. The molecule has 0 aliphatic carbocycles. The first-order chi connectivity index (χ1) is 11.6. The van der Waals surface area contributed by atoms with Gasteiger partial charge in [0.1, 0.15) is 28.9 Å². The number of anilines is 1. The van der Waals surface area contributed by atoms with Crippen molar-refractivity contribution in [3.63, 3.8) is 0 Å². The minimum atomic E-state index is 0.106. The number of nitriles is 1. The summed E-state index contributed by atoms with van der Waals surface area (Å²) >= 11 is 0. The molecule has 1 aromatic heterocycles.